The minimum Gasteiger partial charge on any atom is -0.323 e. The third-order valence-electron chi connectivity index (χ3n) is 3.35. The van der Waals surface area contributed by atoms with Gasteiger partial charge in [0.2, 0.25) is 0 Å². The molecular weight excluding hydrogens is 329 g/mol. The van der Waals surface area contributed by atoms with Gasteiger partial charge in [0, 0.05) is 24.7 Å². The van der Waals surface area contributed by atoms with Crippen molar-refractivity contribution in [3.05, 3.63) is 44.6 Å². The third-order valence-corrected chi connectivity index (χ3v) is 4.91. The first-order valence-electron chi connectivity index (χ1n) is 6.61. The van der Waals surface area contributed by atoms with Gasteiger partial charge in [-0.05, 0) is 25.0 Å². The first kappa shape index (κ1) is 14.6. The van der Waals surface area contributed by atoms with Gasteiger partial charge in [0.15, 0.2) is 4.80 Å². The Kier molecular flexibility index (Phi) is 4.33. The molecule has 110 valence electrons. The van der Waals surface area contributed by atoms with E-state index < -0.39 is 0 Å². The fourth-order valence-corrected chi connectivity index (χ4v) is 3.37. The van der Waals surface area contributed by atoms with E-state index >= 15 is 0 Å². The van der Waals surface area contributed by atoms with Crippen LogP contribution in [0.2, 0.25) is 10.0 Å². The summed E-state index contributed by atoms with van der Waals surface area (Å²) in [5.41, 5.74) is 0.721. The first-order chi connectivity index (χ1) is 10.2. The number of carbonyl (C=O) groups excluding carboxylic acids is 1. The van der Waals surface area contributed by atoms with Crippen molar-refractivity contribution < 1.29 is 4.79 Å². The van der Waals surface area contributed by atoms with Crippen LogP contribution in [-0.4, -0.2) is 28.6 Å². The molecular formula is C14H13Cl2N3OS. The molecule has 0 spiro atoms. The monoisotopic (exact) mass is 341 g/mol. The molecule has 7 heteroatoms. The number of benzene rings is 1. The van der Waals surface area contributed by atoms with E-state index in [9.17, 15) is 4.79 Å². The van der Waals surface area contributed by atoms with Crippen molar-refractivity contribution in [2.45, 2.75) is 12.8 Å². The number of urea groups is 1. The number of halogens is 2. The Balaban J connectivity index is 2.01. The van der Waals surface area contributed by atoms with Crippen molar-refractivity contribution in [3.8, 4) is 5.69 Å². The summed E-state index contributed by atoms with van der Waals surface area (Å²) in [6.07, 6.45) is 3.93. The highest BCUT2D eigenvalue weighted by Gasteiger charge is 2.17. The molecule has 1 aromatic heterocycles. The van der Waals surface area contributed by atoms with Crippen molar-refractivity contribution in [1.29, 1.82) is 0 Å². The smallest absolute Gasteiger partial charge is 0.323 e. The van der Waals surface area contributed by atoms with Gasteiger partial charge in [0.05, 0.1) is 15.7 Å². The number of carbonyl (C=O) groups is 1. The molecule has 4 nitrogen and oxygen atoms in total. The topological polar surface area (TPSA) is 37.6 Å². The average Bonchev–Trinajstić information content (AvgIpc) is 3.13. The molecule has 2 amide bonds. The van der Waals surface area contributed by atoms with Crippen molar-refractivity contribution in [2.24, 2.45) is 4.99 Å². The predicted molar refractivity (Wildman–Crippen MR) is 85.4 cm³/mol. The fourth-order valence-electron chi connectivity index (χ4n) is 2.28. The highest BCUT2D eigenvalue weighted by atomic mass is 35.5. The number of rotatable bonds is 1. The number of aromatic nitrogens is 1. The number of hydrogen-bond acceptors (Lipinski definition) is 2. The van der Waals surface area contributed by atoms with E-state index in [0.717, 1.165) is 31.6 Å². The van der Waals surface area contributed by atoms with Crippen molar-refractivity contribution in [1.82, 2.24) is 9.47 Å². The van der Waals surface area contributed by atoms with Gasteiger partial charge in [-0.25, -0.2) is 4.79 Å². The number of amides is 2. The lowest BCUT2D eigenvalue weighted by molar-refractivity contribution is 0.218. The molecule has 3 rings (SSSR count). The van der Waals surface area contributed by atoms with Gasteiger partial charge in [-0.2, -0.15) is 4.99 Å². The molecule has 0 saturated carbocycles. The Labute approximate surface area is 136 Å². The van der Waals surface area contributed by atoms with Crippen LogP contribution in [0.5, 0.6) is 0 Å². The minimum atomic E-state index is -0.193. The molecule has 0 radical (unpaired) electrons. The van der Waals surface area contributed by atoms with Gasteiger partial charge in [-0.3, -0.25) is 4.57 Å². The highest BCUT2D eigenvalue weighted by Crippen LogP contribution is 2.27. The van der Waals surface area contributed by atoms with E-state index in [1.165, 1.54) is 11.3 Å². The summed E-state index contributed by atoms with van der Waals surface area (Å²) in [5, 5.41) is 2.80. The minimum absolute atomic E-state index is 0.193. The van der Waals surface area contributed by atoms with Gasteiger partial charge in [-0.1, -0.05) is 29.3 Å². The van der Waals surface area contributed by atoms with Crippen LogP contribution in [0.1, 0.15) is 12.8 Å². The van der Waals surface area contributed by atoms with Gasteiger partial charge in [0.25, 0.3) is 0 Å². The van der Waals surface area contributed by atoms with E-state index in [0.29, 0.717) is 14.8 Å². The van der Waals surface area contributed by atoms with Gasteiger partial charge >= 0.3 is 6.03 Å². The average molecular weight is 342 g/mol. The summed E-state index contributed by atoms with van der Waals surface area (Å²) < 4.78 is 1.78. The SMILES string of the molecule is O=C(/N=c1\sccn1-c1cccc(Cl)c1Cl)N1CCCC1. The van der Waals surface area contributed by atoms with Gasteiger partial charge in [0.1, 0.15) is 0 Å². The van der Waals surface area contributed by atoms with Crippen molar-refractivity contribution in [2.75, 3.05) is 13.1 Å². The summed E-state index contributed by atoms with van der Waals surface area (Å²) >= 11 is 13.7. The molecule has 1 aliphatic rings. The van der Waals surface area contributed by atoms with Crippen molar-refractivity contribution >= 4 is 40.6 Å². The lowest BCUT2D eigenvalue weighted by Gasteiger charge is -2.11. The standard InChI is InChI=1S/C14H13Cl2N3OS/c15-10-4-3-5-11(12(10)16)19-8-9-21-14(19)17-13(20)18-6-1-2-7-18/h3-5,8-9H,1-2,6-7H2/b17-14-. The van der Waals surface area contributed by atoms with Gasteiger partial charge < -0.3 is 4.90 Å². The largest absolute Gasteiger partial charge is 0.346 e. The Morgan fingerprint density at radius 1 is 1.24 bits per heavy atom. The Bertz CT molecular complexity index is 732. The molecule has 1 aromatic carbocycles. The van der Waals surface area contributed by atoms with E-state index in [2.05, 4.69) is 4.99 Å². The highest BCUT2D eigenvalue weighted by molar-refractivity contribution is 7.07. The molecule has 1 aliphatic heterocycles. The number of thiazole rings is 1. The zero-order chi connectivity index (χ0) is 14.8. The van der Waals surface area contributed by atoms with Crippen LogP contribution in [0.25, 0.3) is 5.69 Å². The quantitative estimate of drug-likeness (QED) is 0.773. The van der Waals surface area contributed by atoms with Crippen LogP contribution in [0.15, 0.2) is 34.8 Å². The van der Waals surface area contributed by atoms with E-state index in [4.69, 9.17) is 23.2 Å². The zero-order valence-electron chi connectivity index (χ0n) is 11.1. The van der Waals surface area contributed by atoms with E-state index in [1.807, 2.05) is 23.7 Å². The van der Waals surface area contributed by atoms with Crippen LogP contribution in [0.4, 0.5) is 4.79 Å². The number of nitrogens with zero attached hydrogens (tertiary/aromatic N) is 3. The maximum Gasteiger partial charge on any atom is 0.346 e. The molecule has 0 atom stereocenters. The predicted octanol–water partition coefficient (Wildman–Crippen LogP) is 3.96. The van der Waals surface area contributed by atoms with Crippen LogP contribution >= 0.6 is 34.5 Å². The number of hydrogen-bond donors (Lipinski definition) is 0. The van der Waals surface area contributed by atoms with E-state index in [-0.39, 0.29) is 6.03 Å². The third kappa shape index (κ3) is 3.00. The lowest BCUT2D eigenvalue weighted by atomic mass is 10.3. The van der Waals surface area contributed by atoms with Crippen LogP contribution in [0.3, 0.4) is 0 Å². The first-order valence-corrected chi connectivity index (χ1v) is 8.24. The maximum atomic E-state index is 12.1. The summed E-state index contributed by atoms with van der Waals surface area (Å²) in [5.74, 6) is 0. The molecule has 21 heavy (non-hydrogen) atoms. The molecule has 0 N–H and O–H groups in total. The maximum absolute atomic E-state index is 12.1. The Morgan fingerprint density at radius 3 is 2.76 bits per heavy atom. The Morgan fingerprint density at radius 2 is 2.00 bits per heavy atom. The zero-order valence-corrected chi connectivity index (χ0v) is 13.5. The summed E-state index contributed by atoms with van der Waals surface area (Å²) in [4.78, 5) is 18.7. The second-order valence-corrected chi connectivity index (χ2v) is 6.38. The molecule has 0 bridgehead atoms. The van der Waals surface area contributed by atoms with Gasteiger partial charge in [-0.15, -0.1) is 11.3 Å². The molecule has 0 aliphatic carbocycles. The van der Waals surface area contributed by atoms with Crippen LogP contribution in [0, 0.1) is 0 Å². The molecule has 2 heterocycles. The second kappa shape index (κ2) is 6.22. The summed E-state index contributed by atoms with van der Waals surface area (Å²) in [6.45, 7) is 1.57. The summed E-state index contributed by atoms with van der Waals surface area (Å²) in [6, 6.07) is 5.20. The molecule has 2 aromatic rings. The fraction of sp³-hybridized carbons (Fsp3) is 0.286. The normalized spacial score (nSPS) is 15.7. The van der Waals surface area contributed by atoms with Crippen LogP contribution < -0.4 is 4.80 Å². The lowest BCUT2D eigenvalue weighted by Crippen LogP contribution is -2.27. The molecule has 1 fully saturated rings. The molecule has 0 unspecified atom stereocenters. The Hall–Kier alpha value is -1.30. The summed E-state index contributed by atoms with van der Waals surface area (Å²) in [7, 11) is 0. The number of likely N-dealkylation sites (tertiary alicyclic amines) is 1. The second-order valence-electron chi connectivity index (χ2n) is 4.72. The van der Waals surface area contributed by atoms with Crippen LogP contribution in [-0.2, 0) is 0 Å². The van der Waals surface area contributed by atoms with Crippen molar-refractivity contribution in [3.63, 3.8) is 0 Å². The van der Waals surface area contributed by atoms with E-state index in [1.54, 1.807) is 15.5 Å². The molecule has 1 saturated heterocycles.